The summed E-state index contributed by atoms with van der Waals surface area (Å²) in [6, 6.07) is 7.91. The molecular weight excluding hydrogens is 238 g/mol. The van der Waals surface area contributed by atoms with Gasteiger partial charge < -0.3 is 9.67 Å². The van der Waals surface area contributed by atoms with Crippen LogP contribution in [0.3, 0.4) is 0 Å². The Bertz CT molecular complexity index is 647. The van der Waals surface area contributed by atoms with Gasteiger partial charge in [0.25, 0.3) is 0 Å². The van der Waals surface area contributed by atoms with Crippen LogP contribution in [-0.2, 0) is 5.41 Å². The van der Waals surface area contributed by atoms with Crippen molar-refractivity contribution in [1.82, 2.24) is 9.55 Å². The molecule has 0 aliphatic heterocycles. The molecule has 1 heterocycles. The minimum absolute atomic E-state index is 0.0359. The van der Waals surface area contributed by atoms with Gasteiger partial charge >= 0.3 is 0 Å². The normalized spacial score (nSPS) is 12.1. The molecule has 19 heavy (non-hydrogen) atoms. The van der Waals surface area contributed by atoms with Crippen LogP contribution in [-0.4, -0.2) is 21.3 Å². The van der Waals surface area contributed by atoms with E-state index in [4.69, 9.17) is 5.26 Å². The van der Waals surface area contributed by atoms with E-state index in [0.29, 0.717) is 5.56 Å². The molecule has 1 aromatic carbocycles. The second kappa shape index (κ2) is 4.67. The van der Waals surface area contributed by atoms with Gasteiger partial charge in [-0.15, -0.1) is 0 Å². The van der Waals surface area contributed by atoms with Crippen molar-refractivity contribution < 1.29 is 5.11 Å². The molecule has 0 aliphatic rings. The monoisotopic (exact) mass is 257 g/mol. The highest BCUT2D eigenvalue weighted by Crippen LogP contribution is 2.29. The Balaban J connectivity index is 2.77. The number of hydrogen-bond acceptors (Lipinski definition) is 3. The Morgan fingerprint density at radius 1 is 1.42 bits per heavy atom. The summed E-state index contributed by atoms with van der Waals surface area (Å²) in [5.41, 5.74) is 2.01. The van der Waals surface area contributed by atoms with Crippen LogP contribution in [0.25, 0.3) is 11.0 Å². The largest absolute Gasteiger partial charge is 0.395 e. The van der Waals surface area contributed by atoms with E-state index in [-0.39, 0.29) is 12.6 Å². The van der Waals surface area contributed by atoms with E-state index in [2.05, 4.69) is 29.5 Å². The summed E-state index contributed by atoms with van der Waals surface area (Å²) in [5.74, 6) is 0.857. The summed E-state index contributed by atoms with van der Waals surface area (Å²) in [5, 5.41) is 18.5. The topological polar surface area (TPSA) is 61.8 Å². The first-order chi connectivity index (χ1) is 8.90. The smallest absolute Gasteiger partial charge is 0.118 e. The van der Waals surface area contributed by atoms with E-state index in [9.17, 15) is 5.11 Å². The molecule has 0 atom stereocenters. The summed E-state index contributed by atoms with van der Waals surface area (Å²) < 4.78 is 2.13. The van der Waals surface area contributed by atoms with Crippen molar-refractivity contribution in [3.8, 4) is 6.07 Å². The van der Waals surface area contributed by atoms with Crippen LogP contribution >= 0.6 is 0 Å². The number of benzene rings is 1. The van der Waals surface area contributed by atoms with Gasteiger partial charge in [0.15, 0.2) is 0 Å². The number of aliphatic hydroxyl groups excluding tert-OH is 1. The Kier molecular flexibility index (Phi) is 3.34. The second-order valence-electron chi connectivity index (χ2n) is 5.76. The molecular formula is C15H19N3O. The fourth-order valence-corrected chi connectivity index (χ4v) is 2.24. The zero-order valence-corrected chi connectivity index (χ0v) is 11.8. The molecule has 0 unspecified atom stereocenters. The molecule has 1 aromatic heterocycles. The van der Waals surface area contributed by atoms with Crippen molar-refractivity contribution in [1.29, 1.82) is 5.26 Å². The first kappa shape index (κ1) is 13.6. The molecule has 0 saturated carbocycles. The fourth-order valence-electron chi connectivity index (χ4n) is 2.24. The van der Waals surface area contributed by atoms with Crippen LogP contribution < -0.4 is 0 Å². The number of hydrogen-bond donors (Lipinski definition) is 1. The second-order valence-corrected chi connectivity index (χ2v) is 5.76. The Labute approximate surface area is 113 Å². The van der Waals surface area contributed by atoms with Crippen LogP contribution in [0.15, 0.2) is 18.2 Å². The highest BCUT2D eigenvalue weighted by Gasteiger charge is 2.28. The molecule has 0 fully saturated rings. The summed E-state index contributed by atoms with van der Waals surface area (Å²) in [4.78, 5) is 4.64. The van der Waals surface area contributed by atoms with Gasteiger partial charge in [-0.3, -0.25) is 0 Å². The van der Waals surface area contributed by atoms with Gasteiger partial charge in [0, 0.05) is 11.5 Å². The van der Waals surface area contributed by atoms with Gasteiger partial charge in [-0.2, -0.15) is 5.26 Å². The van der Waals surface area contributed by atoms with Crippen LogP contribution in [0.5, 0.6) is 0 Å². The van der Waals surface area contributed by atoms with E-state index in [0.717, 1.165) is 16.9 Å². The quantitative estimate of drug-likeness (QED) is 0.919. The summed E-state index contributed by atoms with van der Waals surface area (Å²) in [7, 11) is 0. The van der Waals surface area contributed by atoms with E-state index < -0.39 is 5.41 Å². The van der Waals surface area contributed by atoms with Crippen molar-refractivity contribution in [2.24, 2.45) is 0 Å². The molecule has 1 N–H and O–H groups in total. The predicted molar refractivity (Wildman–Crippen MR) is 74.9 cm³/mol. The molecule has 0 radical (unpaired) electrons. The third kappa shape index (κ3) is 2.22. The molecule has 0 amide bonds. The lowest BCUT2D eigenvalue weighted by molar-refractivity contribution is 0.207. The highest BCUT2D eigenvalue weighted by atomic mass is 16.3. The summed E-state index contributed by atoms with van der Waals surface area (Å²) in [6.07, 6.45) is 0. The van der Waals surface area contributed by atoms with Crippen molar-refractivity contribution in [2.45, 2.75) is 39.2 Å². The third-order valence-electron chi connectivity index (χ3n) is 3.34. The first-order valence-corrected chi connectivity index (χ1v) is 6.44. The van der Waals surface area contributed by atoms with Gasteiger partial charge in [-0.05, 0) is 32.0 Å². The molecule has 4 nitrogen and oxygen atoms in total. The Morgan fingerprint density at radius 2 is 2.11 bits per heavy atom. The maximum Gasteiger partial charge on any atom is 0.118 e. The number of imidazole rings is 1. The SMILES string of the molecule is CC(C)n1c(C(C)(C)CO)nc2cc(C#N)ccc21. The Hall–Kier alpha value is -1.86. The molecule has 0 spiro atoms. The van der Waals surface area contributed by atoms with Gasteiger partial charge in [0.05, 0.1) is 29.3 Å². The van der Waals surface area contributed by atoms with E-state index in [1.54, 1.807) is 12.1 Å². The lowest BCUT2D eigenvalue weighted by Gasteiger charge is -2.24. The van der Waals surface area contributed by atoms with Gasteiger partial charge in [0.2, 0.25) is 0 Å². The average molecular weight is 257 g/mol. The molecule has 0 bridgehead atoms. The lowest BCUT2D eigenvalue weighted by Crippen LogP contribution is -2.27. The first-order valence-electron chi connectivity index (χ1n) is 6.44. The average Bonchev–Trinajstić information content (AvgIpc) is 2.77. The van der Waals surface area contributed by atoms with E-state index >= 15 is 0 Å². The standard InChI is InChI=1S/C15H19N3O/c1-10(2)18-13-6-5-11(8-16)7-12(13)17-14(18)15(3,4)9-19/h5-7,10,19H,9H2,1-4H3. The van der Waals surface area contributed by atoms with Crippen LogP contribution in [0.2, 0.25) is 0 Å². The minimum Gasteiger partial charge on any atom is -0.395 e. The van der Waals surface area contributed by atoms with Crippen LogP contribution in [0.1, 0.15) is 45.1 Å². The predicted octanol–water partition coefficient (Wildman–Crippen LogP) is 2.76. The number of nitriles is 1. The maximum atomic E-state index is 9.57. The fraction of sp³-hybridized carbons (Fsp3) is 0.467. The van der Waals surface area contributed by atoms with Crippen molar-refractivity contribution in [3.05, 3.63) is 29.6 Å². The third-order valence-corrected chi connectivity index (χ3v) is 3.34. The molecule has 0 aliphatic carbocycles. The summed E-state index contributed by atoms with van der Waals surface area (Å²) >= 11 is 0. The van der Waals surface area contributed by atoms with Gasteiger partial charge in [0.1, 0.15) is 5.82 Å². The Morgan fingerprint density at radius 3 is 2.63 bits per heavy atom. The van der Waals surface area contributed by atoms with E-state index in [1.165, 1.54) is 0 Å². The minimum atomic E-state index is -0.407. The van der Waals surface area contributed by atoms with Crippen LogP contribution in [0.4, 0.5) is 0 Å². The highest BCUT2D eigenvalue weighted by molar-refractivity contribution is 5.78. The molecule has 100 valence electrons. The van der Waals surface area contributed by atoms with Crippen molar-refractivity contribution >= 4 is 11.0 Å². The molecule has 2 aromatic rings. The van der Waals surface area contributed by atoms with Crippen molar-refractivity contribution in [2.75, 3.05) is 6.61 Å². The molecule has 4 heteroatoms. The number of fused-ring (bicyclic) bond motifs is 1. The van der Waals surface area contributed by atoms with Crippen molar-refractivity contribution in [3.63, 3.8) is 0 Å². The molecule has 0 saturated heterocycles. The number of aromatic nitrogens is 2. The van der Waals surface area contributed by atoms with Gasteiger partial charge in [-0.25, -0.2) is 4.98 Å². The van der Waals surface area contributed by atoms with E-state index in [1.807, 2.05) is 19.9 Å². The molecule has 2 rings (SSSR count). The zero-order chi connectivity index (χ0) is 14.2. The number of aliphatic hydroxyl groups is 1. The number of nitrogens with zero attached hydrogens (tertiary/aromatic N) is 3. The zero-order valence-electron chi connectivity index (χ0n) is 11.8. The maximum absolute atomic E-state index is 9.57. The lowest BCUT2D eigenvalue weighted by atomic mass is 9.93. The van der Waals surface area contributed by atoms with Crippen LogP contribution in [0, 0.1) is 11.3 Å². The summed E-state index contributed by atoms with van der Waals surface area (Å²) in [6.45, 7) is 8.16. The number of rotatable bonds is 3. The van der Waals surface area contributed by atoms with Gasteiger partial charge in [-0.1, -0.05) is 13.8 Å².